The highest BCUT2D eigenvalue weighted by Crippen LogP contribution is 2.27. The fourth-order valence-electron chi connectivity index (χ4n) is 3.26. The molecule has 5 heteroatoms. The van der Waals surface area contributed by atoms with Gasteiger partial charge in [0.05, 0.1) is 10.7 Å². The van der Waals surface area contributed by atoms with Gasteiger partial charge in [-0.25, -0.2) is 4.39 Å². The predicted molar refractivity (Wildman–Crippen MR) is 93.5 cm³/mol. The van der Waals surface area contributed by atoms with Crippen LogP contribution in [0.1, 0.15) is 36.9 Å². The number of anilines is 1. The number of halogens is 2. The van der Waals surface area contributed by atoms with E-state index in [1.54, 1.807) is 0 Å². The molecule has 2 atom stereocenters. The summed E-state index contributed by atoms with van der Waals surface area (Å²) in [7, 11) is 0. The van der Waals surface area contributed by atoms with Gasteiger partial charge in [-0.2, -0.15) is 0 Å². The Morgan fingerprint density at radius 1 is 1.33 bits per heavy atom. The first-order valence-corrected chi connectivity index (χ1v) is 8.61. The van der Waals surface area contributed by atoms with Crippen molar-refractivity contribution in [1.82, 2.24) is 0 Å². The lowest BCUT2D eigenvalue weighted by Gasteiger charge is -2.26. The van der Waals surface area contributed by atoms with Crippen LogP contribution in [0, 0.1) is 5.82 Å². The summed E-state index contributed by atoms with van der Waals surface area (Å²) in [5.41, 5.74) is 3.13. The Hall–Kier alpha value is -1.91. The van der Waals surface area contributed by atoms with E-state index in [-0.39, 0.29) is 17.0 Å². The van der Waals surface area contributed by atoms with Gasteiger partial charge in [-0.1, -0.05) is 35.9 Å². The van der Waals surface area contributed by atoms with Crippen molar-refractivity contribution < 1.29 is 14.5 Å². The number of carbonyl (C=O) groups is 1. The maximum atomic E-state index is 13.1. The number of aryl methyl sites for hydroxylation is 1. The molecule has 0 saturated heterocycles. The summed E-state index contributed by atoms with van der Waals surface area (Å²) in [6, 6.07) is 12.4. The Morgan fingerprint density at radius 3 is 2.92 bits per heavy atom. The van der Waals surface area contributed by atoms with Crippen LogP contribution in [-0.4, -0.2) is 11.9 Å². The maximum Gasteiger partial charge on any atom is 0.282 e. The van der Waals surface area contributed by atoms with Crippen LogP contribution in [0.25, 0.3) is 0 Å². The average Bonchev–Trinajstić information content (AvgIpc) is 2.57. The maximum absolute atomic E-state index is 13.1. The van der Waals surface area contributed by atoms with Crippen LogP contribution in [0.4, 0.5) is 10.1 Å². The number of benzene rings is 2. The molecular formula is C19H21ClFN2O+. The third kappa shape index (κ3) is 3.77. The van der Waals surface area contributed by atoms with Crippen LogP contribution in [-0.2, 0) is 11.2 Å². The smallest absolute Gasteiger partial charge is 0.282 e. The lowest BCUT2D eigenvalue weighted by molar-refractivity contribution is -0.714. The second-order valence-electron chi connectivity index (χ2n) is 6.29. The number of amides is 1. The minimum Gasteiger partial charge on any atom is -0.330 e. The minimum atomic E-state index is -0.420. The molecule has 0 fully saturated rings. The number of rotatable bonds is 4. The summed E-state index contributed by atoms with van der Waals surface area (Å²) in [4.78, 5) is 12.4. The number of quaternary nitrogens is 1. The fourth-order valence-corrected chi connectivity index (χ4v) is 3.48. The first kappa shape index (κ1) is 16.9. The Balaban J connectivity index is 1.67. The molecule has 0 radical (unpaired) electrons. The molecule has 0 aromatic heterocycles. The van der Waals surface area contributed by atoms with Crippen molar-refractivity contribution in [2.75, 3.05) is 5.32 Å². The Labute approximate surface area is 146 Å². The highest BCUT2D eigenvalue weighted by molar-refractivity contribution is 6.33. The molecule has 0 unspecified atom stereocenters. The van der Waals surface area contributed by atoms with E-state index in [2.05, 4.69) is 28.8 Å². The van der Waals surface area contributed by atoms with Crippen LogP contribution in [0.15, 0.2) is 42.5 Å². The van der Waals surface area contributed by atoms with Crippen molar-refractivity contribution in [1.29, 1.82) is 0 Å². The second kappa shape index (κ2) is 7.32. The zero-order chi connectivity index (χ0) is 17.1. The molecule has 2 aromatic carbocycles. The zero-order valence-corrected chi connectivity index (χ0v) is 14.3. The molecule has 0 bridgehead atoms. The molecule has 1 aliphatic carbocycles. The number of nitrogens with two attached hydrogens (primary N) is 1. The average molecular weight is 348 g/mol. The molecule has 1 aliphatic rings. The van der Waals surface area contributed by atoms with Gasteiger partial charge >= 0.3 is 0 Å². The molecule has 24 heavy (non-hydrogen) atoms. The van der Waals surface area contributed by atoms with Crippen molar-refractivity contribution in [2.24, 2.45) is 0 Å². The van der Waals surface area contributed by atoms with Gasteiger partial charge in [-0.3, -0.25) is 4.79 Å². The standard InChI is InChI=1S/C19H20ClFN2O/c1-12(19(24)23-18-10-9-14(21)11-16(18)20)22-17-8-4-6-13-5-2-3-7-15(13)17/h2-3,5,7,9-12,17,22H,4,6,8H2,1H3,(H,23,24)/p+1/t12-,17+/m1/s1. The van der Waals surface area contributed by atoms with Gasteiger partial charge in [-0.15, -0.1) is 0 Å². The van der Waals surface area contributed by atoms with Crippen LogP contribution < -0.4 is 10.6 Å². The first-order valence-electron chi connectivity index (χ1n) is 8.23. The monoisotopic (exact) mass is 347 g/mol. The summed E-state index contributed by atoms with van der Waals surface area (Å²) in [5, 5.41) is 5.09. The SMILES string of the molecule is C[C@@H]([NH2+][C@H]1CCCc2ccccc21)C(=O)Nc1ccc(F)cc1Cl. The van der Waals surface area contributed by atoms with Crippen molar-refractivity contribution >= 4 is 23.2 Å². The van der Waals surface area contributed by atoms with Gasteiger partial charge in [0.15, 0.2) is 6.04 Å². The molecule has 0 saturated carbocycles. The number of fused-ring (bicyclic) bond motifs is 1. The van der Waals surface area contributed by atoms with E-state index in [0.29, 0.717) is 11.7 Å². The Morgan fingerprint density at radius 2 is 2.12 bits per heavy atom. The zero-order valence-electron chi connectivity index (χ0n) is 13.6. The van der Waals surface area contributed by atoms with E-state index in [9.17, 15) is 9.18 Å². The van der Waals surface area contributed by atoms with Gasteiger partial charge in [0, 0.05) is 12.0 Å². The Bertz CT molecular complexity index is 750. The van der Waals surface area contributed by atoms with Crippen molar-refractivity contribution in [2.45, 2.75) is 38.3 Å². The van der Waals surface area contributed by atoms with Gasteiger partial charge in [0.2, 0.25) is 0 Å². The van der Waals surface area contributed by atoms with E-state index in [4.69, 9.17) is 11.6 Å². The van der Waals surface area contributed by atoms with Gasteiger partial charge in [0.1, 0.15) is 11.9 Å². The van der Waals surface area contributed by atoms with Crippen LogP contribution in [0.3, 0.4) is 0 Å². The second-order valence-corrected chi connectivity index (χ2v) is 6.70. The lowest BCUT2D eigenvalue weighted by Crippen LogP contribution is -2.92. The van der Waals surface area contributed by atoms with Crippen LogP contribution in [0.5, 0.6) is 0 Å². The summed E-state index contributed by atoms with van der Waals surface area (Å²) in [6.07, 6.45) is 3.30. The van der Waals surface area contributed by atoms with E-state index in [1.165, 1.54) is 29.3 Å². The Kier molecular flexibility index (Phi) is 5.17. The molecule has 0 aliphatic heterocycles. The quantitative estimate of drug-likeness (QED) is 0.874. The largest absolute Gasteiger partial charge is 0.330 e. The van der Waals surface area contributed by atoms with Crippen LogP contribution in [0.2, 0.25) is 5.02 Å². The number of hydrogen-bond donors (Lipinski definition) is 2. The van der Waals surface area contributed by atoms with Crippen molar-refractivity contribution in [3.63, 3.8) is 0 Å². The third-order valence-corrected chi connectivity index (χ3v) is 4.85. The molecule has 2 aromatic rings. The summed E-state index contributed by atoms with van der Waals surface area (Å²) in [5.74, 6) is -0.553. The van der Waals surface area contributed by atoms with Crippen molar-refractivity contribution in [3.05, 3.63) is 64.4 Å². The highest BCUT2D eigenvalue weighted by atomic mass is 35.5. The first-order chi connectivity index (χ1) is 11.5. The normalized spacial score (nSPS) is 17.9. The molecule has 126 valence electrons. The topological polar surface area (TPSA) is 45.7 Å². The number of hydrogen-bond acceptors (Lipinski definition) is 1. The molecule has 0 heterocycles. The molecule has 1 amide bonds. The van der Waals surface area contributed by atoms with Crippen LogP contribution >= 0.6 is 11.6 Å². The predicted octanol–water partition coefficient (Wildman–Crippen LogP) is 3.45. The molecule has 0 spiro atoms. The van der Waals surface area contributed by atoms with Gasteiger partial charge in [0.25, 0.3) is 5.91 Å². The van der Waals surface area contributed by atoms with Crippen molar-refractivity contribution in [3.8, 4) is 0 Å². The molecule has 3 N–H and O–H groups in total. The highest BCUT2D eigenvalue weighted by Gasteiger charge is 2.27. The summed E-state index contributed by atoms with van der Waals surface area (Å²) >= 11 is 5.97. The van der Waals surface area contributed by atoms with Gasteiger partial charge < -0.3 is 10.6 Å². The summed E-state index contributed by atoms with van der Waals surface area (Å²) in [6.45, 7) is 1.88. The minimum absolute atomic E-state index is 0.133. The van der Waals surface area contributed by atoms with E-state index in [1.807, 2.05) is 13.0 Å². The fraction of sp³-hybridized carbons (Fsp3) is 0.316. The molecule has 3 rings (SSSR count). The summed E-state index contributed by atoms with van der Waals surface area (Å²) < 4.78 is 13.1. The lowest BCUT2D eigenvalue weighted by atomic mass is 9.87. The van der Waals surface area contributed by atoms with E-state index in [0.717, 1.165) is 19.3 Å². The van der Waals surface area contributed by atoms with E-state index >= 15 is 0 Å². The molecule has 3 nitrogen and oxygen atoms in total. The number of nitrogens with one attached hydrogen (secondary N) is 1. The molecular weight excluding hydrogens is 327 g/mol. The van der Waals surface area contributed by atoms with Gasteiger partial charge in [-0.05, 0) is 43.5 Å². The third-order valence-electron chi connectivity index (χ3n) is 4.54. The van der Waals surface area contributed by atoms with E-state index < -0.39 is 5.82 Å². The number of carbonyl (C=O) groups excluding carboxylic acids is 1.